The molecule has 0 aliphatic heterocycles. The van der Waals surface area contributed by atoms with Crippen molar-refractivity contribution in [2.45, 2.75) is 20.5 Å². The lowest BCUT2D eigenvalue weighted by Crippen LogP contribution is -1.98. The number of carboxylic acids is 1. The van der Waals surface area contributed by atoms with Crippen molar-refractivity contribution in [3.8, 4) is 5.75 Å². The molecule has 0 aliphatic carbocycles. The highest BCUT2D eigenvalue weighted by molar-refractivity contribution is 7.12. The Morgan fingerprint density at radius 2 is 2.10 bits per heavy atom. The van der Waals surface area contributed by atoms with Gasteiger partial charge in [-0.15, -0.1) is 11.3 Å². The van der Waals surface area contributed by atoms with E-state index in [1.807, 2.05) is 32.0 Å². The first kappa shape index (κ1) is 14.3. The number of ether oxygens (including phenoxy) is 1. The van der Waals surface area contributed by atoms with Crippen LogP contribution in [0.3, 0.4) is 0 Å². The maximum Gasteiger partial charge on any atom is 0.328 e. The lowest BCUT2D eigenvalue weighted by Gasteiger charge is -2.10. The van der Waals surface area contributed by atoms with Crippen LogP contribution in [0.1, 0.15) is 21.0 Å². The summed E-state index contributed by atoms with van der Waals surface area (Å²) in [6.07, 6.45) is 4.28. The lowest BCUT2D eigenvalue weighted by molar-refractivity contribution is -0.131. The molecule has 0 fully saturated rings. The minimum absolute atomic E-state index is 0.386. The first-order valence-corrected chi connectivity index (χ1v) is 6.92. The van der Waals surface area contributed by atoms with Crippen LogP contribution in [-0.4, -0.2) is 16.1 Å². The number of aryl methyl sites for hydroxylation is 2. The van der Waals surface area contributed by atoms with Crippen LogP contribution in [0.25, 0.3) is 6.08 Å². The Morgan fingerprint density at radius 1 is 1.40 bits per heavy atom. The van der Waals surface area contributed by atoms with E-state index in [1.54, 1.807) is 6.20 Å². The van der Waals surface area contributed by atoms with Crippen molar-refractivity contribution in [3.05, 3.63) is 51.5 Å². The molecule has 5 heteroatoms. The molecule has 0 saturated heterocycles. The normalized spacial score (nSPS) is 10.9. The molecular formula is C15H15NO3S. The average molecular weight is 289 g/mol. The van der Waals surface area contributed by atoms with Gasteiger partial charge >= 0.3 is 5.97 Å². The van der Waals surface area contributed by atoms with E-state index in [0.29, 0.717) is 6.61 Å². The number of aliphatic carboxylic acids is 1. The standard InChI is InChI=1S/C15H15NO3S/c1-10-4-3-5-11(2)15(10)19-9-13-16-8-12(20-13)6-7-14(17)18/h3-8H,9H2,1-2H3,(H,17,18)/b7-6+. The fourth-order valence-corrected chi connectivity index (χ4v) is 2.52. The second-order valence-corrected chi connectivity index (χ2v) is 5.48. The van der Waals surface area contributed by atoms with Crippen molar-refractivity contribution in [2.24, 2.45) is 0 Å². The highest BCUT2D eigenvalue weighted by atomic mass is 32.1. The van der Waals surface area contributed by atoms with Gasteiger partial charge in [0.25, 0.3) is 0 Å². The van der Waals surface area contributed by atoms with E-state index >= 15 is 0 Å². The number of nitrogens with zero attached hydrogens (tertiary/aromatic N) is 1. The summed E-state index contributed by atoms with van der Waals surface area (Å²) in [5.41, 5.74) is 2.18. The second kappa shape index (κ2) is 6.34. The Bertz CT molecular complexity index is 626. The number of aromatic nitrogens is 1. The van der Waals surface area contributed by atoms with E-state index in [0.717, 1.165) is 32.8 Å². The number of rotatable bonds is 5. The maximum absolute atomic E-state index is 10.4. The topological polar surface area (TPSA) is 59.4 Å². The van der Waals surface area contributed by atoms with Gasteiger partial charge < -0.3 is 9.84 Å². The van der Waals surface area contributed by atoms with Crippen molar-refractivity contribution in [2.75, 3.05) is 0 Å². The van der Waals surface area contributed by atoms with E-state index in [4.69, 9.17) is 9.84 Å². The Morgan fingerprint density at radius 3 is 2.75 bits per heavy atom. The third-order valence-corrected chi connectivity index (χ3v) is 3.65. The van der Waals surface area contributed by atoms with E-state index in [9.17, 15) is 4.79 Å². The fraction of sp³-hybridized carbons (Fsp3) is 0.200. The SMILES string of the molecule is Cc1cccc(C)c1OCc1ncc(/C=C/C(=O)O)s1. The smallest absolute Gasteiger partial charge is 0.328 e. The molecule has 4 nitrogen and oxygen atoms in total. The minimum Gasteiger partial charge on any atom is -0.486 e. The van der Waals surface area contributed by atoms with Crippen molar-refractivity contribution < 1.29 is 14.6 Å². The number of hydrogen-bond donors (Lipinski definition) is 1. The van der Waals surface area contributed by atoms with Gasteiger partial charge in [-0.1, -0.05) is 18.2 Å². The summed E-state index contributed by atoms with van der Waals surface area (Å²) in [6, 6.07) is 6.01. The molecule has 1 N–H and O–H groups in total. The van der Waals surface area contributed by atoms with Gasteiger partial charge in [0.05, 0.1) is 0 Å². The molecule has 2 rings (SSSR count). The maximum atomic E-state index is 10.4. The highest BCUT2D eigenvalue weighted by Crippen LogP contribution is 2.24. The molecule has 1 aromatic heterocycles. The predicted molar refractivity (Wildman–Crippen MR) is 79.0 cm³/mol. The number of thiazole rings is 1. The number of carbonyl (C=O) groups is 1. The summed E-state index contributed by atoms with van der Waals surface area (Å²) >= 11 is 1.42. The third kappa shape index (κ3) is 3.68. The zero-order valence-corrected chi connectivity index (χ0v) is 12.1. The van der Waals surface area contributed by atoms with Gasteiger partial charge in [-0.3, -0.25) is 0 Å². The molecule has 0 amide bonds. The van der Waals surface area contributed by atoms with E-state index in [-0.39, 0.29) is 0 Å². The molecule has 0 atom stereocenters. The summed E-state index contributed by atoms with van der Waals surface area (Å²) in [7, 11) is 0. The highest BCUT2D eigenvalue weighted by Gasteiger charge is 2.06. The zero-order valence-electron chi connectivity index (χ0n) is 11.3. The van der Waals surface area contributed by atoms with Gasteiger partial charge in [0.2, 0.25) is 0 Å². The first-order valence-electron chi connectivity index (χ1n) is 6.11. The number of para-hydroxylation sites is 1. The zero-order chi connectivity index (χ0) is 14.5. The van der Waals surface area contributed by atoms with E-state index < -0.39 is 5.97 Å². The predicted octanol–water partition coefficient (Wildman–Crippen LogP) is 3.44. The molecule has 20 heavy (non-hydrogen) atoms. The van der Waals surface area contributed by atoms with Gasteiger partial charge in [-0.05, 0) is 31.1 Å². The molecule has 1 aromatic carbocycles. The van der Waals surface area contributed by atoms with Crippen molar-refractivity contribution in [1.29, 1.82) is 0 Å². The molecule has 0 radical (unpaired) electrons. The number of benzene rings is 1. The number of hydrogen-bond acceptors (Lipinski definition) is 4. The summed E-state index contributed by atoms with van der Waals surface area (Å²) in [6.45, 7) is 4.40. The second-order valence-electron chi connectivity index (χ2n) is 4.34. The molecule has 104 valence electrons. The van der Waals surface area contributed by atoms with Gasteiger partial charge in [0, 0.05) is 17.2 Å². The largest absolute Gasteiger partial charge is 0.486 e. The van der Waals surface area contributed by atoms with Gasteiger partial charge in [0.15, 0.2) is 0 Å². The monoisotopic (exact) mass is 289 g/mol. The van der Waals surface area contributed by atoms with Crippen molar-refractivity contribution in [3.63, 3.8) is 0 Å². The van der Waals surface area contributed by atoms with Gasteiger partial charge in [-0.2, -0.15) is 0 Å². The van der Waals surface area contributed by atoms with Gasteiger partial charge in [-0.25, -0.2) is 9.78 Å². The molecular weight excluding hydrogens is 274 g/mol. The van der Waals surface area contributed by atoms with E-state index in [1.165, 1.54) is 17.4 Å². The first-order chi connectivity index (χ1) is 9.56. The van der Waals surface area contributed by atoms with Crippen LogP contribution in [0.15, 0.2) is 30.5 Å². The number of carboxylic acid groups (broad SMARTS) is 1. The molecule has 0 unspecified atom stereocenters. The molecule has 0 saturated carbocycles. The minimum atomic E-state index is -0.966. The third-order valence-electron chi connectivity index (χ3n) is 2.71. The molecule has 0 aliphatic rings. The van der Waals surface area contributed by atoms with Crippen LogP contribution in [0, 0.1) is 13.8 Å². The summed E-state index contributed by atoms with van der Waals surface area (Å²) in [4.78, 5) is 15.5. The summed E-state index contributed by atoms with van der Waals surface area (Å²) in [5, 5.41) is 9.38. The van der Waals surface area contributed by atoms with Crippen LogP contribution in [0.5, 0.6) is 5.75 Å². The van der Waals surface area contributed by atoms with Crippen molar-refractivity contribution in [1.82, 2.24) is 4.98 Å². The lowest BCUT2D eigenvalue weighted by atomic mass is 10.1. The van der Waals surface area contributed by atoms with Crippen LogP contribution in [0.2, 0.25) is 0 Å². The Kier molecular flexibility index (Phi) is 4.53. The van der Waals surface area contributed by atoms with Gasteiger partial charge in [0.1, 0.15) is 17.4 Å². The molecule has 2 aromatic rings. The Balaban J connectivity index is 2.03. The van der Waals surface area contributed by atoms with E-state index in [2.05, 4.69) is 4.98 Å². The summed E-state index contributed by atoms with van der Waals surface area (Å²) < 4.78 is 5.80. The molecule has 1 heterocycles. The van der Waals surface area contributed by atoms with Crippen LogP contribution < -0.4 is 4.74 Å². The molecule has 0 bridgehead atoms. The fourth-order valence-electron chi connectivity index (χ4n) is 1.78. The van der Waals surface area contributed by atoms with Crippen LogP contribution in [0.4, 0.5) is 0 Å². The quantitative estimate of drug-likeness (QED) is 0.857. The van der Waals surface area contributed by atoms with Crippen LogP contribution in [-0.2, 0) is 11.4 Å². The Labute approximate surface area is 121 Å². The summed E-state index contributed by atoms with van der Waals surface area (Å²) in [5.74, 6) is -0.0861. The average Bonchev–Trinajstić information content (AvgIpc) is 2.84. The molecule has 0 spiro atoms. The van der Waals surface area contributed by atoms with Crippen molar-refractivity contribution >= 4 is 23.4 Å². The Hall–Kier alpha value is -2.14. The van der Waals surface area contributed by atoms with Crippen LogP contribution >= 0.6 is 11.3 Å².